The van der Waals surface area contributed by atoms with E-state index in [-0.39, 0.29) is 0 Å². The second-order valence-corrected chi connectivity index (χ2v) is 11.0. The third-order valence-electron chi connectivity index (χ3n) is 6.11. The van der Waals surface area contributed by atoms with Gasteiger partial charge < -0.3 is 25.5 Å². The third kappa shape index (κ3) is 37.2. The minimum Gasteiger partial charge on any atom is -0.493 e. The summed E-state index contributed by atoms with van der Waals surface area (Å²) in [5, 5.41) is 8.84. The summed E-state index contributed by atoms with van der Waals surface area (Å²) >= 11 is 0. The van der Waals surface area contributed by atoms with Gasteiger partial charge in [0.15, 0.2) is 0 Å². The number of allylic oxidation sites excluding steroid dienone is 2. The molecular weight excluding hydrogens is 582 g/mol. The Bertz CT molecular complexity index is 926. The highest BCUT2D eigenvalue weighted by Gasteiger charge is 2.02. The average molecular weight is 658 g/mol. The van der Waals surface area contributed by atoms with E-state index >= 15 is 0 Å². The van der Waals surface area contributed by atoms with E-state index in [1.165, 1.54) is 41.5 Å². The van der Waals surface area contributed by atoms with Gasteiger partial charge in [-0.3, -0.25) is 4.79 Å². The highest BCUT2D eigenvalue weighted by molar-refractivity contribution is 5.52. The van der Waals surface area contributed by atoms with Crippen molar-refractivity contribution < 1.29 is 14.3 Å². The summed E-state index contributed by atoms with van der Waals surface area (Å²) in [6.07, 6.45) is 12.4. The maximum absolute atomic E-state index is 10.1. The van der Waals surface area contributed by atoms with Gasteiger partial charge in [0.25, 0.3) is 0 Å². The van der Waals surface area contributed by atoms with Crippen LogP contribution in [0, 0.1) is 20.8 Å². The number of nitrogens with one attached hydrogen (secondary N) is 3. The molecule has 0 radical (unpaired) electrons. The monoisotopic (exact) mass is 658 g/mol. The Labute approximate surface area is 291 Å². The number of carbonyl (C=O) groups is 2. The SMILES string of the molecule is CC.CC/C=C(\CC)NCC=O.CCC.CCCC(C)NC.CCCOc1ccccc1CCCNC=O.Cc1cc(C)cc(C)c1. The topological polar surface area (TPSA) is 79.5 Å². The Morgan fingerprint density at radius 3 is 1.83 bits per heavy atom. The van der Waals surface area contributed by atoms with Crippen molar-refractivity contribution in [2.24, 2.45) is 0 Å². The first-order valence-corrected chi connectivity index (χ1v) is 18.1. The van der Waals surface area contributed by atoms with Crippen LogP contribution in [0.1, 0.15) is 130 Å². The van der Waals surface area contributed by atoms with Gasteiger partial charge in [-0.15, -0.1) is 0 Å². The standard InChI is InChI=1S/C13H19NO2.C9H12.C8H15NO.C6H15N.C3H8.C2H6/c1-2-10-16-13-8-4-3-6-12(13)7-5-9-14-11-15;1-7-4-8(2)6-9(3)5-7;1-3-5-8(4-2)9-6-7-10;1-4-5-6(2)7-3;1-3-2;1-2/h3-4,6,8,11H,2,5,7,9-10H2,1H3,(H,14,15);4-6H,1-3H3;5,7,9H,3-4,6H2,1-2H3;6-7H,4-5H2,1-3H3;3H2,1-2H3;1-2H3/b;;8-5+;;;. The van der Waals surface area contributed by atoms with E-state index in [0.717, 1.165) is 62.9 Å². The lowest BCUT2D eigenvalue weighted by Gasteiger charge is -2.10. The van der Waals surface area contributed by atoms with Gasteiger partial charge in [-0.1, -0.05) is 127 Å². The Hall–Kier alpha value is -3.12. The molecule has 2 aromatic carbocycles. The first-order chi connectivity index (χ1) is 22.6. The van der Waals surface area contributed by atoms with Crippen LogP contribution in [0.4, 0.5) is 0 Å². The quantitative estimate of drug-likeness (QED) is 0.124. The maximum Gasteiger partial charge on any atom is 0.207 e. The van der Waals surface area contributed by atoms with Crippen LogP contribution in [0.15, 0.2) is 54.2 Å². The molecule has 2 rings (SSSR count). The van der Waals surface area contributed by atoms with Crippen LogP contribution in [0.3, 0.4) is 0 Å². The summed E-state index contributed by atoms with van der Waals surface area (Å²) in [6.45, 7) is 27.2. The van der Waals surface area contributed by atoms with E-state index in [2.05, 4.69) is 116 Å². The molecule has 3 N–H and O–H groups in total. The maximum atomic E-state index is 10.1. The fourth-order valence-corrected chi connectivity index (χ4v) is 4.04. The zero-order valence-electron chi connectivity index (χ0n) is 32.9. The lowest BCUT2D eigenvalue weighted by molar-refractivity contribution is -0.109. The van der Waals surface area contributed by atoms with Crippen molar-refractivity contribution in [1.29, 1.82) is 0 Å². The minimum atomic E-state index is 0.430. The zero-order chi connectivity index (χ0) is 36.7. The van der Waals surface area contributed by atoms with Crippen LogP contribution in [-0.4, -0.2) is 45.5 Å². The average Bonchev–Trinajstić information content (AvgIpc) is 3.06. The number of aldehydes is 1. The first-order valence-electron chi connectivity index (χ1n) is 18.1. The summed E-state index contributed by atoms with van der Waals surface area (Å²) < 4.78 is 5.65. The fourth-order valence-electron chi connectivity index (χ4n) is 4.04. The number of amides is 1. The van der Waals surface area contributed by atoms with Crippen molar-refractivity contribution in [1.82, 2.24) is 16.0 Å². The normalized spacial score (nSPS) is 10.2. The first kappa shape index (κ1) is 50.7. The number of hydrogen-bond acceptors (Lipinski definition) is 5. The molecule has 1 amide bonds. The van der Waals surface area contributed by atoms with Gasteiger partial charge in [0.2, 0.25) is 6.41 Å². The number of benzene rings is 2. The summed E-state index contributed by atoms with van der Waals surface area (Å²) in [7, 11) is 2.00. The van der Waals surface area contributed by atoms with Crippen molar-refractivity contribution >= 4 is 12.7 Å². The molecule has 0 aliphatic heterocycles. The Morgan fingerprint density at radius 1 is 0.872 bits per heavy atom. The van der Waals surface area contributed by atoms with Gasteiger partial charge in [0.1, 0.15) is 12.0 Å². The number of para-hydroxylation sites is 1. The van der Waals surface area contributed by atoms with Gasteiger partial charge in [-0.2, -0.15) is 0 Å². The smallest absolute Gasteiger partial charge is 0.207 e. The van der Waals surface area contributed by atoms with E-state index in [9.17, 15) is 9.59 Å². The molecule has 1 unspecified atom stereocenters. The lowest BCUT2D eigenvalue weighted by Crippen LogP contribution is -2.20. The molecule has 0 saturated heterocycles. The molecule has 6 heteroatoms. The van der Waals surface area contributed by atoms with Crippen molar-refractivity contribution in [2.75, 3.05) is 26.7 Å². The summed E-state index contributed by atoms with van der Waals surface area (Å²) in [4.78, 5) is 20.0. The lowest BCUT2D eigenvalue weighted by atomic mass is 10.1. The molecule has 0 fully saturated rings. The molecule has 0 spiro atoms. The van der Waals surface area contributed by atoms with E-state index < -0.39 is 0 Å². The number of rotatable bonds is 16. The molecule has 0 aliphatic carbocycles. The Morgan fingerprint density at radius 2 is 1.43 bits per heavy atom. The fraction of sp³-hybridized carbons (Fsp3) is 0.610. The molecule has 0 aromatic heterocycles. The molecule has 0 bridgehead atoms. The van der Waals surface area contributed by atoms with Gasteiger partial charge in [-0.25, -0.2) is 0 Å². The molecular formula is C41H75N3O3. The van der Waals surface area contributed by atoms with Crippen molar-refractivity contribution in [3.05, 3.63) is 76.5 Å². The number of carbonyl (C=O) groups excluding carboxylic acids is 2. The van der Waals surface area contributed by atoms with Gasteiger partial charge in [0.05, 0.1) is 13.2 Å². The summed E-state index contributed by atoms with van der Waals surface area (Å²) in [6, 6.07) is 15.3. The van der Waals surface area contributed by atoms with Crippen LogP contribution >= 0.6 is 0 Å². The van der Waals surface area contributed by atoms with Gasteiger partial charge >= 0.3 is 0 Å². The second kappa shape index (κ2) is 40.9. The molecule has 2 aromatic rings. The van der Waals surface area contributed by atoms with Crippen LogP contribution in [0.5, 0.6) is 5.75 Å². The number of aryl methyl sites for hydroxylation is 4. The van der Waals surface area contributed by atoms with Gasteiger partial charge in [0, 0.05) is 18.3 Å². The van der Waals surface area contributed by atoms with E-state index in [1.807, 2.05) is 39.1 Å². The summed E-state index contributed by atoms with van der Waals surface area (Å²) in [5.74, 6) is 0.968. The van der Waals surface area contributed by atoms with Crippen LogP contribution in [0.25, 0.3) is 0 Å². The number of ether oxygens (including phenoxy) is 1. The Kier molecular flexibility index (Phi) is 44.1. The van der Waals surface area contributed by atoms with E-state index in [4.69, 9.17) is 4.74 Å². The predicted octanol–water partition coefficient (Wildman–Crippen LogP) is 10.1. The molecule has 0 saturated carbocycles. The minimum absolute atomic E-state index is 0.430. The number of hydrogen-bond donors (Lipinski definition) is 3. The largest absolute Gasteiger partial charge is 0.493 e. The van der Waals surface area contributed by atoms with Crippen LogP contribution in [-0.2, 0) is 16.0 Å². The van der Waals surface area contributed by atoms with E-state index in [1.54, 1.807) is 0 Å². The van der Waals surface area contributed by atoms with Crippen LogP contribution < -0.4 is 20.7 Å². The zero-order valence-corrected chi connectivity index (χ0v) is 32.9. The van der Waals surface area contributed by atoms with Crippen molar-refractivity contribution in [2.45, 2.75) is 140 Å². The van der Waals surface area contributed by atoms with Crippen molar-refractivity contribution in [3.8, 4) is 5.75 Å². The molecule has 47 heavy (non-hydrogen) atoms. The van der Waals surface area contributed by atoms with Crippen LogP contribution in [0.2, 0.25) is 0 Å². The third-order valence-corrected chi connectivity index (χ3v) is 6.11. The highest BCUT2D eigenvalue weighted by Crippen LogP contribution is 2.19. The van der Waals surface area contributed by atoms with E-state index in [0.29, 0.717) is 19.1 Å². The summed E-state index contributed by atoms with van der Waals surface area (Å²) in [5.41, 5.74) is 6.44. The molecule has 272 valence electrons. The van der Waals surface area contributed by atoms with Crippen molar-refractivity contribution in [3.63, 3.8) is 0 Å². The molecule has 1 atom stereocenters. The predicted molar refractivity (Wildman–Crippen MR) is 209 cm³/mol. The van der Waals surface area contributed by atoms with Gasteiger partial charge in [-0.05, 0) is 84.9 Å². The molecule has 6 nitrogen and oxygen atoms in total. The molecule has 0 heterocycles. The molecule has 0 aliphatic rings. The highest BCUT2D eigenvalue weighted by atomic mass is 16.5. The second-order valence-electron chi connectivity index (χ2n) is 11.0. The Balaban J connectivity index is -0.000000261.